The van der Waals surface area contributed by atoms with Crippen molar-refractivity contribution in [3.05, 3.63) is 48.5 Å². The summed E-state index contributed by atoms with van der Waals surface area (Å²) >= 11 is 6.01. The highest BCUT2D eigenvalue weighted by Gasteiger charge is 2.10. The van der Waals surface area contributed by atoms with E-state index in [0.29, 0.717) is 17.5 Å². The van der Waals surface area contributed by atoms with Crippen LogP contribution >= 0.6 is 11.6 Å². The number of rotatable bonds is 5. The Morgan fingerprint density at radius 1 is 1.39 bits per heavy atom. The van der Waals surface area contributed by atoms with E-state index >= 15 is 0 Å². The van der Waals surface area contributed by atoms with Crippen molar-refractivity contribution in [3.63, 3.8) is 0 Å². The van der Waals surface area contributed by atoms with Crippen molar-refractivity contribution in [2.75, 3.05) is 11.9 Å². The molecule has 3 rings (SSSR count). The van der Waals surface area contributed by atoms with Crippen LogP contribution in [-0.4, -0.2) is 38.0 Å². The fourth-order valence-corrected chi connectivity index (χ4v) is 2.31. The fourth-order valence-electron chi connectivity index (χ4n) is 2.07. The predicted molar refractivity (Wildman–Crippen MR) is 87.7 cm³/mol. The van der Waals surface area contributed by atoms with Gasteiger partial charge in [0.1, 0.15) is 0 Å². The second kappa shape index (κ2) is 7.06. The number of aromatic amines is 1. The molecule has 1 aliphatic rings. The Bertz CT molecular complexity index is 739. The number of halogens is 1. The number of alkyl halides is 1. The molecule has 0 spiro atoms. The van der Waals surface area contributed by atoms with Gasteiger partial charge in [0.15, 0.2) is 5.82 Å². The maximum atomic E-state index is 11.9. The Kier molecular flexibility index (Phi) is 4.68. The Labute approximate surface area is 137 Å². The average molecular weight is 331 g/mol. The maximum Gasteiger partial charge on any atom is 0.243 e. The zero-order valence-corrected chi connectivity index (χ0v) is 12.9. The average Bonchev–Trinajstić information content (AvgIpc) is 3.03. The molecule has 2 aromatic rings. The van der Waals surface area contributed by atoms with E-state index < -0.39 is 0 Å². The minimum absolute atomic E-state index is 0.0725. The number of hydrogen-bond acceptors (Lipinski definition) is 5. The number of amides is 1. The lowest BCUT2D eigenvalue weighted by atomic mass is 10.1. The Morgan fingerprint density at radius 2 is 2.22 bits per heavy atom. The van der Waals surface area contributed by atoms with Crippen LogP contribution in [0.25, 0.3) is 11.4 Å². The van der Waals surface area contributed by atoms with Crippen LogP contribution in [0.5, 0.6) is 0 Å². The van der Waals surface area contributed by atoms with Crippen LogP contribution in [0.3, 0.4) is 0 Å². The zero-order chi connectivity index (χ0) is 16.1. The van der Waals surface area contributed by atoms with Gasteiger partial charge in [-0.1, -0.05) is 6.08 Å². The van der Waals surface area contributed by atoms with E-state index in [9.17, 15) is 4.79 Å². The van der Waals surface area contributed by atoms with Crippen molar-refractivity contribution in [3.8, 4) is 11.4 Å². The molecule has 1 aliphatic carbocycles. The quantitative estimate of drug-likeness (QED) is 0.727. The summed E-state index contributed by atoms with van der Waals surface area (Å²) in [6.07, 6.45) is 9.69. The van der Waals surface area contributed by atoms with Gasteiger partial charge in [-0.05, 0) is 30.7 Å². The second-order valence-electron chi connectivity index (χ2n) is 4.92. The van der Waals surface area contributed by atoms with Crippen LogP contribution in [0.2, 0.25) is 0 Å². The highest BCUT2D eigenvalue weighted by atomic mass is 35.5. The molecule has 0 aromatic carbocycles. The largest absolute Gasteiger partial charge is 0.346 e. The highest BCUT2D eigenvalue weighted by Crippen LogP contribution is 2.14. The first-order valence-corrected chi connectivity index (χ1v) is 7.53. The minimum atomic E-state index is -0.187. The number of nitrogens with zero attached hydrogens (tertiary/aromatic N) is 3. The molecule has 2 heterocycles. The third-order valence-electron chi connectivity index (χ3n) is 3.14. The third kappa shape index (κ3) is 4.17. The van der Waals surface area contributed by atoms with E-state index in [1.165, 1.54) is 0 Å². The second-order valence-corrected chi connectivity index (χ2v) is 5.48. The number of carbonyl (C=O) groups excluding carboxylic acids is 1. The van der Waals surface area contributed by atoms with Gasteiger partial charge in [-0.25, -0.2) is 5.10 Å². The normalized spacial score (nSPS) is 16.7. The molecule has 3 N–H and O–H groups in total. The van der Waals surface area contributed by atoms with Crippen LogP contribution < -0.4 is 10.6 Å². The summed E-state index contributed by atoms with van der Waals surface area (Å²) in [6.45, 7) is 0.0725. The molecule has 0 radical (unpaired) electrons. The molecule has 1 atom stereocenters. The first kappa shape index (κ1) is 15.2. The molecule has 2 aromatic heterocycles. The number of H-pyrrole nitrogens is 1. The molecule has 0 saturated heterocycles. The number of nitrogens with one attached hydrogen (secondary N) is 3. The van der Waals surface area contributed by atoms with Crippen molar-refractivity contribution < 1.29 is 4.79 Å². The standard InChI is InChI=1S/C15H15ClN6O/c16-11-2-1-3-12(8-11)19-13(23)9-18-15-20-14(21-22-15)10-4-6-17-7-5-10/h1,3-8,11H,2,9H2,(H,19,23)(H2,18,20,21,22). The molecule has 23 heavy (non-hydrogen) atoms. The Balaban J connectivity index is 1.54. The van der Waals surface area contributed by atoms with Gasteiger partial charge in [-0.15, -0.1) is 11.6 Å². The number of pyridine rings is 1. The Hall–Kier alpha value is -2.67. The van der Waals surface area contributed by atoms with E-state index in [-0.39, 0.29) is 17.8 Å². The number of aromatic nitrogens is 4. The zero-order valence-electron chi connectivity index (χ0n) is 12.2. The monoisotopic (exact) mass is 330 g/mol. The first-order valence-electron chi connectivity index (χ1n) is 7.09. The highest BCUT2D eigenvalue weighted by molar-refractivity contribution is 6.22. The van der Waals surface area contributed by atoms with E-state index in [1.807, 2.05) is 30.4 Å². The van der Waals surface area contributed by atoms with Gasteiger partial charge in [-0.2, -0.15) is 10.1 Å². The Morgan fingerprint density at radius 3 is 3.00 bits per heavy atom. The lowest BCUT2D eigenvalue weighted by molar-refractivity contribution is -0.118. The maximum absolute atomic E-state index is 11.9. The molecule has 118 valence electrons. The van der Waals surface area contributed by atoms with E-state index in [0.717, 1.165) is 12.0 Å². The fraction of sp³-hybridized carbons (Fsp3) is 0.200. The third-order valence-corrected chi connectivity index (χ3v) is 3.45. The van der Waals surface area contributed by atoms with Crippen molar-refractivity contribution in [1.29, 1.82) is 0 Å². The summed E-state index contributed by atoms with van der Waals surface area (Å²) in [5.74, 6) is 0.780. The molecule has 0 saturated carbocycles. The molecule has 8 heteroatoms. The van der Waals surface area contributed by atoms with Crippen LogP contribution in [0.4, 0.5) is 5.95 Å². The molecular formula is C15H15ClN6O. The van der Waals surface area contributed by atoms with Crippen LogP contribution in [0.1, 0.15) is 6.42 Å². The van der Waals surface area contributed by atoms with Gasteiger partial charge >= 0.3 is 0 Å². The molecule has 0 fully saturated rings. The van der Waals surface area contributed by atoms with Gasteiger partial charge in [0.2, 0.25) is 11.9 Å². The van der Waals surface area contributed by atoms with Gasteiger partial charge in [0.25, 0.3) is 0 Å². The number of anilines is 1. The van der Waals surface area contributed by atoms with Crippen LogP contribution in [0, 0.1) is 0 Å². The summed E-state index contributed by atoms with van der Waals surface area (Å²) in [6, 6.07) is 3.62. The van der Waals surface area contributed by atoms with Gasteiger partial charge in [0.05, 0.1) is 11.9 Å². The molecule has 0 aliphatic heterocycles. The summed E-state index contributed by atoms with van der Waals surface area (Å²) in [5, 5.41) is 12.4. The van der Waals surface area contributed by atoms with Gasteiger partial charge in [0, 0.05) is 23.7 Å². The SMILES string of the molecule is O=C(CNc1nc(-c2ccncc2)n[nH]1)NC1=CC(Cl)CC=C1. The number of carbonyl (C=O) groups is 1. The van der Waals surface area contributed by atoms with Crippen molar-refractivity contribution in [2.45, 2.75) is 11.8 Å². The molecular weight excluding hydrogens is 316 g/mol. The van der Waals surface area contributed by atoms with E-state index in [1.54, 1.807) is 12.4 Å². The predicted octanol–water partition coefficient (Wildman–Crippen LogP) is 1.85. The molecule has 1 amide bonds. The van der Waals surface area contributed by atoms with E-state index in [4.69, 9.17) is 11.6 Å². The topological polar surface area (TPSA) is 95.6 Å². The van der Waals surface area contributed by atoms with Crippen molar-refractivity contribution in [2.24, 2.45) is 0 Å². The smallest absolute Gasteiger partial charge is 0.243 e. The number of allylic oxidation sites excluding steroid dienone is 3. The summed E-state index contributed by atoms with van der Waals surface area (Å²) in [5.41, 5.74) is 1.55. The lowest BCUT2D eigenvalue weighted by Crippen LogP contribution is -2.30. The lowest BCUT2D eigenvalue weighted by Gasteiger charge is -2.12. The molecule has 0 bridgehead atoms. The first-order chi connectivity index (χ1) is 11.2. The summed E-state index contributed by atoms with van der Waals surface area (Å²) in [4.78, 5) is 20.1. The van der Waals surface area contributed by atoms with Gasteiger partial charge < -0.3 is 10.6 Å². The molecule has 1 unspecified atom stereocenters. The van der Waals surface area contributed by atoms with E-state index in [2.05, 4.69) is 30.8 Å². The van der Waals surface area contributed by atoms with Crippen molar-refractivity contribution in [1.82, 2.24) is 25.5 Å². The van der Waals surface area contributed by atoms with Crippen LogP contribution in [-0.2, 0) is 4.79 Å². The van der Waals surface area contributed by atoms with Crippen LogP contribution in [0.15, 0.2) is 48.5 Å². The summed E-state index contributed by atoms with van der Waals surface area (Å²) in [7, 11) is 0. The summed E-state index contributed by atoms with van der Waals surface area (Å²) < 4.78 is 0. The van der Waals surface area contributed by atoms with Crippen molar-refractivity contribution >= 4 is 23.5 Å². The van der Waals surface area contributed by atoms with Gasteiger partial charge in [-0.3, -0.25) is 9.78 Å². The molecule has 7 nitrogen and oxygen atoms in total. The number of hydrogen-bond donors (Lipinski definition) is 3. The minimum Gasteiger partial charge on any atom is -0.346 e.